The summed E-state index contributed by atoms with van der Waals surface area (Å²) < 4.78 is 1.49. The summed E-state index contributed by atoms with van der Waals surface area (Å²) in [4.78, 5) is 33.2. The van der Waals surface area contributed by atoms with Crippen LogP contribution in [0.4, 0.5) is 5.13 Å². The van der Waals surface area contributed by atoms with Gasteiger partial charge in [-0.15, -0.1) is 17.9 Å². The Morgan fingerprint density at radius 2 is 2.32 bits per heavy atom. The fourth-order valence-electron chi connectivity index (χ4n) is 2.14. The van der Waals surface area contributed by atoms with Crippen LogP contribution in [-0.2, 0) is 11.3 Å². The lowest BCUT2D eigenvalue weighted by atomic mass is 10.2. The van der Waals surface area contributed by atoms with Gasteiger partial charge in [-0.3, -0.25) is 14.2 Å². The molecular weight excluding hydrogens is 380 g/mol. The monoisotopic (exact) mass is 392 g/mol. The third kappa shape index (κ3) is 4.09. The van der Waals surface area contributed by atoms with Gasteiger partial charge < -0.3 is 5.32 Å². The Bertz CT molecular complexity index is 986. The zero-order chi connectivity index (χ0) is 17.8. The smallest absolute Gasteiger partial charge is 0.262 e. The lowest BCUT2D eigenvalue weighted by Gasteiger charge is -2.11. The second-order valence-corrected chi connectivity index (χ2v) is 7.21. The molecule has 0 spiro atoms. The predicted octanol–water partition coefficient (Wildman–Crippen LogP) is 3.42. The van der Waals surface area contributed by atoms with Gasteiger partial charge in [-0.05, 0) is 18.2 Å². The number of halogens is 1. The molecule has 0 bridgehead atoms. The van der Waals surface area contributed by atoms with Crippen LogP contribution in [0.25, 0.3) is 10.9 Å². The van der Waals surface area contributed by atoms with Crippen LogP contribution in [0.2, 0.25) is 5.02 Å². The Kier molecular flexibility index (Phi) is 5.52. The summed E-state index contributed by atoms with van der Waals surface area (Å²) >= 11 is 8.51. The number of allylic oxidation sites excluding steroid dienone is 1. The summed E-state index contributed by atoms with van der Waals surface area (Å²) in [5.41, 5.74) is 0.310. The van der Waals surface area contributed by atoms with Crippen LogP contribution >= 0.6 is 34.7 Å². The molecule has 0 aliphatic carbocycles. The number of aromatic nitrogens is 3. The Labute approximate surface area is 156 Å². The lowest BCUT2D eigenvalue weighted by molar-refractivity contribution is -0.113. The summed E-state index contributed by atoms with van der Waals surface area (Å²) in [6.45, 7) is 3.98. The van der Waals surface area contributed by atoms with Gasteiger partial charge in [0.2, 0.25) is 5.91 Å². The van der Waals surface area contributed by atoms with E-state index in [1.165, 1.54) is 27.7 Å². The molecule has 6 nitrogen and oxygen atoms in total. The largest absolute Gasteiger partial charge is 0.301 e. The number of anilines is 1. The van der Waals surface area contributed by atoms with Gasteiger partial charge >= 0.3 is 0 Å². The van der Waals surface area contributed by atoms with Crippen LogP contribution in [-0.4, -0.2) is 26.2 Å². The first-order valence-corrected chi connectivity index (χ1v) is 9.46. The molecule has 9 heteroatoms. The molecule has 0 saturated carbocycles. The standard InChI is InChI=1S/C16H13ClN4O2S2/c1-2-6-21-14(23)11-4-3-10(17)8-12(11)19-16(21)25-9-13(22)20-15-18-5-7-24-15/h2-5,7-8H,1,6,9H2,(H,18,20,22). The highest BCUT2D eigenvalue weighted by molar-refractivity contribution is 7.99. The number of fused-ring (bicyclic) bond motifs is 1. The molecule has 1 aromatic carbocycles. The van der Waals surface area contributed by atoms with Crippen LogP contribution in [0.15, 0.2) is 52.4 Å². The van der Waals surface area contributed by atoms with Crippen LogP contribution in [0, 0.1) is 0 Å². The van der Waals surface area contributed by atoms with Crippen molar-refractivity contribution in [2.24, 2.45) is 0 Å². The molecule has 3 rings (SSSR count). The molecular formula is C16H13ClN4O2S2. The van der Waals surface area contributed by atoms with Crippen molar-refractivity contribution in [3.8, 4) is 0 Å². The van der Waals surface area contributed by atoms with Crippen molar-refractivity contribution in [3.05, 3.63) is 57.8 Å². The zero-order valence-corrected chi connectivity index (χ0v) is 15.3. The van der Waals surface area contributed by atoms with E-state index in [0.29, 0.717) is 32.8 Å². The van der Waals surface area contributed by atoms with E-state index >= 15 is 0 Å². The minimum absolute atomic E-state index is 0.106. The van der Waals surface area contributed by atoms with E-state index in [0.717, 1.165) is 0 Å². The van der Waals surface area contributed by atoms with Crippen molar-refractivity contribution in [2.75, 3.05) is 11.1 Å². The second-order valence-electron chi connectivity index (χ2n) is 4.93. The van der Waals surface area contributed by atoms with Gasteiger partial charge in [0.25, 0.3) is 5.56 Å². The van der Waals surface area contributed by atoms with Crippen LogP contribution in [0.1, 0.15) is 0 Å². The van der Waals surface area contributed by atoms with E-state index < -0.39 is 0 Å². The van der Waals surface area contributed by atoms with Gasteiger partial charge in [-0.25, -0.2) is 9.97 Å². The Morgan fingerprint density at radius 3 is 3.04 bits per heavy atom. The number of rotatable bonds is 6. The second kappa shape index (κ2) is 7.81. The number of thioether (sulfide) groups is 1. The van der Waals surface area contributed by atoms with E-state index in [-0.39, 0.29) is 17.2 Å². The van der Waals surface area contributed by atoms with E-state index in [1.807, 2.05) is 0 Å². The number of carbonyl (C=O) groups excluding carboxylic acids is 1. The van der Waals surface area contributed by atoms with Gasteiger partial charge in [0.05, 0.1) is 16.7 Å². The molecule has 3 aromatic rings. The molecule has 0 unspecified atom stereocenters. The van der Waals surface area contributed by atoms with E-state index in [1.54, 1.807) is 35.9 Å². The van der Waals surface area contributed by atoms with Crippen molar-refractivity contribution in [3.63, 3.8) is 0 Å². The molecule has 1 amide bonds. The molecule has 0 aliphatic heterocycles. The summed E-state index contributed by atoms with van der Waals surface area (Å²) in [6.07, 6.45) is 3.23. The van der Waals surface area contributed by atoms with Crippen molar-refractivity contribution in [1.29, 1.82) is 0 Å². The topological polar surface area (TPSA) is 76.9 Å². The highest BCUT2D eigenvalue weighted by atomic mass is 35.5. The van der Waals surface area contributed by atoms with Gasteiger partial charge in [0.1, 0.15) is 0 Å². The third-order valence-corrected chi connectivity index (χ3v) is 5.11. The number of nitrogens with zero attached hydrogens (tertiary/aromatic N) is 3. The average molecular weight is 393 g/mol. The Morgan fingerprint density at radius 1 is 1.48 bits per heavy atom. The number of benzene rings is 1. The van der Waals surface area contributed by atoms with Gasteiger partial charge in [-0.1, -0.05) is 29.4 Å². The highest BCUT2D eigenvalue weighted by Crippen LogP contribution is 2.21. The van der Waals surface area contributed by atoms with Crippen molar-refractivity contribution in [2.45, 2.75) is 11.7 Å². The minimum atomic E-state index is -0.217. The first-order chi connectivity index (χ1) is 12.1. The minimum Gasteiger partial charge on any atom is -0.301 e. The highest BCUT2D eigenvalue weighted by Gasteiger charge is 2.13. The first kappa shape index (κ1) is 17.7. The van der Waals surface area contributed by atoms with E-state index in [4.69, 9.17) is 11.6 Å². The molecule has 2 heterocycles. The van der Waals surface area contributed by atoms with Gasteiger partial charge in [0.15, 0.2) is 10.3 Å². The summed E-state index contributed by atoms with van der Waals surface area (Å²) in [5, 5.41) is 6.42. The van der Waals surface area contributed by atoms with Crippen molar-refractivity contribution >= 4 is 56.6 Å². The number of thiazole rings is 1. The first-order valence-electron chi connectivity index (χ1n) is 7.21. The maximum atomic E-state index is 12.7. The number of nitrogens with one attached hydrogen (secondary N) is 1. The molecule has 25 heavy (non-hydrogen) atoms. The third-order valence-electron chi connectivity index (χ3n) is 3.21. The summed E-state index contributed by atoms with van der Waals surface area (Å²) in [5.74, 6) is -0.111. The van der Waals surface area contributed by atoms with Gasteiger partial charge in [0, 0.05) is 23.1 Å². The van der Waals surface area contributed by atoms with E-state index in [9.17, 15) is 9.59 Å². The molecule has 0 saturated heterocycles. The normalized spacial score (nSPS) is 10.8. The maximum Gasteiger partial charge on any atom is 0.262 e. The molecule has 1 N–H and O–H groups in total. The molecule has 0 aliphatic rings. The maximum absolute atomic E-state index is 12.7. The summed E-state index contributed by atoms with van der Waals surface area (Å²) in [7, 11) is 0. The summed E-state index contributed by atoms with van der Waals surface area (Å²) in [6, 6.07) is 4.94. The number of hydrogen-bond donors (Lipinski definition) is 1. The van der Waals surface area contributed by atoms with Crippen LogP contribution in [0.5, 0.6) is 0 Å². The lowest BCUT2D eigenvalue weighted by Crippen LogP contribution is -2.23. The Hall–Kier alpha value is -2.16. The Balaban J connectivity index is 1.88. The predicted molar refractivity (Wildman–Crippen MR) is 103 cm³/mol. The van der Waals surface area contributed by atoms with Crippen molar-refractivity contribution in [1.82, 2.24) is 14.5 Å². The van der Waals surface area contributed by atoms with E-state index in [2.05, 4.69) is 21.9 Å². The molecule has 2 aromatic heterocycles. The van der Waals surface area contributed by atoms with Crippen molar-refractivity contribution < 1.29 is 4.79 Å². The SMILES string of the molecule is C=CCn1c(SCC(=O)Nc2nccs2)nc2cc(Cl)ccc2c1=O. The van der Waals surface area contributed by atoms with Gasteiger partial charge in [-0.2, -0.15) is 0 Å². The number of amides is 1. The average Bonchev–Trinajstić information content (AvgIpc) is 3.08. The number of hydrogen-bond acceptors (Lipinski definition) is 6. The molecule has 128 valence electrons. The fourth-order valence-corrected chi connectivity index (χ4v) is 3.66. The molecule has 0 radical (unpaired) electrons. The van der Waals surface area contributed by atoms with Crippen LogP contribution in [0.3, 0.4) is 0 Å². The fraction of sp³-hybridized carbons (Fsp3) is 0.125. The zero-order valence-electron chi connectivity index (χ0n) is 12.9. The quantitative estimate of drug-likeness (QED) is 0.395. The molecule has 0 atom stereocenters. The van der Waals surface area contributed by atoms with Crippen LogP contribution < -0.4 is 10.9 Å². The molecule has 0 fully saturated rings. The number of carbonyl (C=O) groups is 1.